The number of nitrogens with zero attached hydrogens (tertiary/aromatic N) is 3. The molecule has 2 atom stereocenters. The molecule has 3 aliphatic rings. The Hall–Kier alpha value is -3.17. The molecular weight excluding hydrogens is 402 g/mol. The molecule has 1 aromatic heterocycles. The van der Waals surface area contributed by atoms with Gasteiger partial charge in [-0.05, 0) is 18.4 Å². The van der Waals surface area contributed by atoms with Crippen LogP contribution in [0.1, 0.15) is 28.9 Å². The van der Waals surface area contributed by atoms with E-state index in [1.165, 1.54) is 21.9 Å². The summed E-state index contributed by atoms with van der Waals surface area (Å²) < 4.78 is 18.5. The van der Waals surface area contributed by atoms with Gasteiger partial charge in [-0.1, -0.05) is 30.3 Å². The molecule has 9 heteroatoms. The minimum atomic E-state index is -0.602. The minimum absolute atomic E-state index is 0.0490. The Morgan fingerprint density at radius 3 is 2.74 bits per heavy atom. The van der Waals surface area contributed by atoms with E-state index in [0.717, 1.165) is 12.0 Å². The van der Waals surface area contributed by atoms with E-state index in [2.05, 4.69) is 0 Å². The average Bonchev–Trinajstić information content (AvgIpc) is 3.34. The SMILES string of the molecule is O=C1c2c(OCc3ccccc3)c(=O)ccn2N(C(=O)C2CCCO2)[C@@H]2COCCN12. The van der Waals surface area contributed by atoms with Crippen molar-refractivity contribution in [2.24, 2.45) is 0 Å². The van der Waals surface area contributed by atoms with E-state index in [9.17, 15) is 14.4 Å². The highest BCUT2D eigenvalue weighted by atomic mass is 16.5. The van der Waals surface area contributed by atoms with Crippen LogP contribution < -0.4 is 15.2 Å². The summed E-state index contributed by atoms with van der Waals surface area (Å²) in [4.78, 5) is 41.0. The highest BCUT2D eigenvalue weighted by Crippen LogP contribution is 2.28. The molecule has 2 aromatic rings. The molecular formula is C22H23N3O6. The topological polar surface area (TPSA) is 90.3 Å². The van der Waals surface area contributed by atoms with Gasteiger partial charge in [-0.25, -0.2) is 9.69 Å². The Balaban J connectivity index is 1.57. The summed E-state index contributed by atoms with van der Waals surface area (Å²) >= 11 is 0. The van der Waals surface area contributed by atoms with Crippen LogP contribution in [-0.2, 0) is 20.9 Å². The summed E-state index contributed by atoms with van der Waals surface area (Å²) in [6.07, 6.45) is 1.68. The summed E-state index contributed by atoms with van der Waals surface area (Å²) in [5, 5.41) is 1.47. The number of ether oxygens (including phenoxy) is 3. The first-order valence-corrected chi connectivity index (χ1v) is 10.4. The molecule has 0 bridgehead atoms. The molecule has 2 amide bonds. The van der Waals surface area contributed by atoms with Crippen molar-refractivity contribution >= 4 is 11.8 Å². The molecule has 5 rings (SSSR count). The zero-order valence-electron chi connectivity index (χ0n) is 16.9. The molecule has 0 saturated carbocycles. The Morgan fingerprint density at radius 1 is 1.13 bits per heavy atom. The van der Waals surface area contributed by atoms with E-state index in [1.54, 1.807) is 4.90 Å². The molecule has 0 aliphatic carbocycles. The number of amides is 2. The molecule has 0 N–H and O–H groups in total. The van der Waals surface area contributed by atoms with Crippen molar-refractivity contribution < 1.29 is 23.8 Å². The molecule has 0 radical (unpaired) electrons. The average molecular weight is 425 g/mol. The number of pyridine rings is 1. The fourth-order valence-electron chi connectivity index (χ4n) is 4.24. The lowest BCUT2D eigenvalue weighted by atomic mass is 10.1. The number of hydrogen-bond acceptors (Lipinski definition) is 6. The van der Waals surface area contributed by atoms with Crippen LogP contribution in [0, 0.1) is 0 Å². The predicted molar refractivity (Wildman–Crippen MR) is 109 cm³/mol. The molecule has 0 spiro atoms. The second-order valence-electron chi connectivity index (χ2n) is 7.72. The van der Waals surface area contributed by atoms with Crippen molar-refractivity contribution in [3.8, 4) is 5.75 Å². The Kier molecular flexibility index (Phi) is 5.21. The molecule has 2 fully saturated rings. The molecule has 162 valence electrons. The molecule has 9 nitrogen and oxygen atoms in total. The summed E-state index contributed by atoms with van der Waals surface area (Å²) in [6.45, 7) is 1.53. The first-order valence-electron chi connectivity index (χ1n) is 10.4. The van der Waals surface area contributed by atoms with E-state index in [4.69, 9.17) is 14.2 Å². The number of carbonyl (C=O) groups excluding carboxylic acids is 2. The number of benzene rings is 1. The van der Waals surface area contributed by atoms with Crippen LogP contribution >= 0.6 is 0 Å². The van der Waals surface area contributed by atoms with Gasteiger partial charge >= 0.3 is 0 Å². The van der Waals surface area contributed by atoms with Crippen molar-refractivity contribution in [2.45, 2.75) is 31.7 Å². The maximum absolute atomic E-state index is 13.4. The van der Waals surface area contributed by atoms with Crippen molar-refractivity contribution in [2.75, 3.05) is 31.4 Å². The first kappa shape index (κ1) is 19.8. The fourth-order valence-corrected chi connectivity index (χ4v) is 4.24. The van der Waals surface area contributed by atoms with Gasteiger partial charge in [-0.15, -0.1) is 0 Å². The van der Waals surface area contributed by atoms with Gasteiger partial charge in [0.05, 0.1) is 13.2 Å². The van der Waals surface area contributed by atoms with Gasteiger partial charge in [0.1, 0.15) is 12.7 Å². The van der Waals surface area contributed by atoms with Crippen LogP contribution in [-0.4, -0.2) is 60.0 Å². The summed E-state index contributed by atoms with van der Waals surface area (Å²) in [6, 6.07) is 10.7. The van der Waals surface area contributed by atoms with Crippen molar-refractivity contribution in [3.63, 3.8) is 0 Å². The number of fused-ring (bicyclic) bond motifs is 2. The number of aromatic nitrogens is 1. The van der Waals surface area contributed by atoms with Crippen LogP contribution in [0.2, 0.25) is 0 Å². The van der Waals surface area contributed by atoms with Crippen LogP contribution in [0.25, 0.3) is 0 Å². The van der Waals surface area contributed by atoms with E-state index in [-0.39, 0.29) is 36.5 Å². The van der Waals surface area contributed by atoms with E-state index in [1.807, 2.05) is 30.3 Å². The molecule has 2 saturated heterocycles. The fraction of sp³-hybridized carbons (Fsp3) is 0.409. The van der Waals surface area contributed by atoms with Gasteiger partial charge in [0.15, 0.2) is 17.6 Å². The standard InChI is InChI=1S/C22H23N3O6/c26-16-8-9-24-19(20(16)31-13-15-5-2-1-3-6-15)22(28)23-10-12-29-14-18(23)25(24)21(27)17-7-4-11-30-17/h1-3,5-6,8-9,17-18H,4,7,10-14H2/t17?,18-/m1/s1. The Morgan fingerprint density at radius 2 is 1.97 bits per heavy atom. The van der Waals surface area contributed by atoms with Gasteiger partial charge < -0.3 is 19.1 Å². The normalized spacial score (nSPS) is 22.8. The van der Waals surface area contributed by atoms with Gasteiger partial charge in [0.2, 0.25) is 5.43 Å². The monoisotopic (exact) mass is 425 g/mol. The van der Waals surface area contributed by atoms with Gasteiger partial charge in [0.25, 0.3) is 11.8 Å². The second-order valence-corrected chi connectivity index (χ2v) is 7.72. The summed E-state index contributed by atoms with van der Waals surface area (Å²) in [7, 11) is 0. The van der Waals surface area contributed by atoms with Crippen LogP contribution in [0.3, 0.4) is 0 Å². The number of morpholine rings is 1. The number of rotatable bonds is 4. The predicted octanol–water partition coefficient (Wildman–Crippen LogP) is 0.883. The number of carbonyl (C=O) groups is 2. The van der Waals surface area contributed by atoms with Gasteiger partial charge in [-0.3, -0.25) is 14.4 Å². The largest absolute Gasteiger partial charge is 0.482 e. The smallest absolute Gasteiger partial charge is 0.278 e. The van der Waals surface area contributed by atoms with E-state index >= 15 is 0 Å². The third-order valence-electron chi connectivity index (χ3n) is 5.77. The maximum Gasteiger partial charge on any atom is 0.278 e. The highest BCUT2D eigenvalue weighted by molar-refractivity contribution is 6.00. The maximum atomic E-state index is 13.4. The molecule has 4 heterocycles. The zero-order valence-corrected chi connectivity index (χ0v) is 16.9. The summed E-state index contributed by atoms with van der Waals surface area (Å²) in [5.41, 5.74) is 0.504. The van der Waals surface area contributed by atoms with E-state index < -0.39 is 17.7 Å². The van der Waals surface area contributed by atoms with Crippen LogP contribution in [0.15, 0.2) is 47.4 Å². The Labute approximate surface area is 178 Å². The minimum Gasteiger partial charge on any atom is -0.482 e. The Bertz CT molecular complexity index is 1050. The lowest BCUT2D eigenvalue weighted by molar-refractivity contribution is -0.132. The highest BCUT2D eigenvalue weighted by Gasteiger charge is 2.46. The zero-order chi connectivity index (χ0) is 21.4. The van der Waals surface area contributed by atoms with Crippen LogP contribution in [0.4, 0.5) is 0 Å². The molecule has 1 aromatic carbocycles. The quantitative estimate of drug-likeness (QED) is 0.723. The van der Waals surface area contributed by atoms with Gasteiger partial charge in [0, 0.05) is 25.4 Å². The molecule has 3 aliphatic heterocycles. The number of hydrogen-bond donors (Lipinski definition) is 0. The summed E-state index contributed by atoms with van der Waals surface area (Å²) in [5.74, 6) is -0.679. The lowest BCUT2D eigenvalue weighted by Crippen LogP contribution is -2.68. The molecule has 1 unspecified atom stereocenters. The molecule has 31 heavy (non-hydrogen) atoms. The van der Waals surface area contributed by atoms with Crippen molar-refractivity contribution in [3.05, 3.63) is 64.1 Å². The van der Waals surface area contributed by atoms with Gasteiger partial charge in [-0.2, -0.15) is 0 Å². The first-order chi connectivity index (χ1) is 15.1. The van der Waals surface area contributed by atoms with E-state index in [0.29, 0.717) is 26.2 Å². The lowest BCUT2D eigenvalue weighted by Gasteiger charge is -2.47. The van der Waals surface area contributed by atoms with Crippen LogP contribution in [0.5, 0.6) is 5.75 Å². The third kappa shape index (κ3) is 3.49. The van der Waals surface area contributed by atoms with Crippen molar-refractivity contribution in [1.82, 2.24) is 9.58 Å². The van der Waals surface area contributed by atoms with Crippen molar-refractivity contribution in [1.29, 1.82) is 0 Å². The second kappa shape index (κ2) is 8.16. The third-order valence-corrected chi connectivity index (χ3v) is 5.77.